The van der Waals surface area contributed by atoms with Crippen molar-refractivity contribution in [1.29, 1.82) is 0 Å². The molecule has 0 saturated carbocycles. The lowest BCUT2D eigenvalue weighted by Crippen LogP contribution is -2.49. The van der Waals surface area contributed by atoms with E-state index >= 15 is 0 Å². The lowest BCUT2D eigenvalue weighted by Gasteiger charge is -2.24. The van der Waals surface area contributed by atoms with Crippen molar-refractivity contribution in [3.8, 4) is 0 Å². The van der Waals surface area contributed by atoms with Crippen LogP contribution in [0.4, 0.5) is 0 Å². The molecule has 0 aromatic heterocycles. The number of benzene rings is 1. The number of nitrogens with one attached hydrogen (secondary N) is 1. The Balaban J connectivity index is 1.65. The van der Waals surface area contributed by atoms with Crippen LogP contribution in [-0.4, -0.2) is 47.9 Å². The smallest absolute Gasteiger partial charge is 0.262 e. The molecule has 25 heavy (non-hydrogen) atoms. The Labute approximate surface area is 146 Å². The zero-order chi connectivity index (χ0) is 18.1. The molecule has 2 aliphatic rings. The van der Waals surface area contributed by atoms with Crippen molar-refractivity contribution in [2.45, 2.75) is 32.4 Å². The summed E-state index contributed by atoms with van der Waals surface area (Å²) < 4.78 is 5.63. The maximum Gasteiger partial charge on any atom is 0.262 e. The number of carbonyl (C=O) groups excluding carboxylic acids is 3. The highest BCUT2D eigenvalue weighted by Crippen LogP contribution is 2.26. The first-order chi connectivity index (χ1) is 11.9. The maximum absolute atomic E-state index is 12.5. The normalized spacial score (nSPS) is 23.5. The van der Waals surface area contributed by atoms with Gasteiger partial charge in [0.2, 0.25) is 5.91 Å². The van der Waals surface area contributed by atoms with Crippen LogP contribution >= 0.6 is 0 Å². The molecule has 6 heteroatoms. The van der Waals surface area contributed by atoms with E-state index < -0.39 is 17.9 Å². The summed E-state index contributed by atoms with van der Waals surface area (Å²) in [6, 6.07) is 5.76. The summed E-state index contributed by atoms with van der Waals surface area (Å²) >= 11 is 0. The van der Waals surface area contributed by atoms with Gasteiger partial charge in [-0.05, 0) is 32.4 Å². The molecule has 2 aliphatic heterocycles. The fourth-order valence-corrected chi connectivity index (χ4v) is 3.44. The molecule has 3 amide bonds. The van der Waals surface area contributed by atoms with Gasteiger partial charge in [0.15, 0.2) is 0 Å². The van der Waals surface area contributed by atoms with Gasteiger partial charge in [-0.3, -0.25) is 19.3 Å². The molecule has 1 aromatic rings. The molecule has 0 aliphatic carbocycles. The second-order valence-electron chi connectivity index (χ2n) is 6.63. The van der Waals surface area contributed by atoms with E-state index in [1.807, 2.05) is 6.92 Å². The van der Waals surface area contributed by atoms with Crippen molar-refractivity contribution >= 4 is 17.7 Å². The molecule has 0 unspecified atom stereocenters. The van der Waals surface area contributed by atoms with E-state index in [0.717, 1.165) is 16.9 Å². The summed E-state index contributed by atoms with van der Waals surface area (Å²) in [4.78, 5) is 38.4. The highest BCUT2D eigenvalue weighted by Gasteiger charge is 2.40. The lowest BCUT2D eigenvalue weighted by molar-refractivity contribution is -0.124. The molecule has 1 saturated heterocycles. The average Bonchev–Trinajstić information content (AvgIpc) is 3.16. The highest BCUT2D eigenvalue weighted by atomic mass is 16.5. The van der Waals surface area contributed by atoms with Crippen molar-refractivity contribution in [3.63, 3.8) is 0 Å². The van der Waals surface area contributed by atoms with Crippen LogP contribution in [0.2, 0.25) is 0 Å². The lowest BCUT2D eigenvalue weighted by atomic mass is 9.97. The number of hydrogen-bond acceptors (Lipinski definition) is 4. The molecule has 3 atom stereocenters. The molecule has 0 radical (unpaired) electrons. The number of ether oxygens (including phenoxy) is 1. The summed E-state index contributed by atoms with van der Waals surface area (Å²) in [5.41, 5.74) is 1.63. The quantitative estimate of drug-likeness (QED) is 0.654. The Morgan fingerprint density at radius 1 is 1.32 bits per heavy atom. The van der Waals surface area contributed by atoms with Gasteiger partial charge in [-0.15, -0.1) is 0 Å². The Bertz CT molecular complexity index is 708. The van der Waals surface area contributed by atoms with Gasteiger partial charge in [-0.1, -0.05) is 24.3 Å². The van der Waals surface area contributed by atoms with Crippen LogP contribution in [-0.2, 0) is 9.53 Å². The maximum atomic E-state index is 12.5. The Kier molecular flexibility index (Phi) is 4.72. The minimum atomic E-state index is -0.863. The van der Waals surface area contributed by atoms with Crippen LogP contribution in [0.25, 0.3) is 0 Å². The molecule has 6 nitrogen and oxygen atoms in total. The minimum absolute atomic E-state index is 0.0603. The van der Waals surface area contributed by atoms with Crippen molar-refractivity contribution in [3.05, 3.63) is 47.5 Å². The summed E-state index contributed by atoms with van der Waals surface area (Å²) in [6.07, 6.45) is 0.786. The van der Waals surface area contributed by atoms with Crippen LogP contribution in [0.3, 0.4) is 0 Å². The summed E-state index contributed by atoms with van der Waals surface area (Å²) in [5, 5.41) is 2.85. The average molecular weight is 342 g/mol. The molecule has 2 heterocycles. The van der Waals surface area contributed by atoms with Crippen LogP contribution in [0, 0.1) is 5.92 Å². The molecule has 3 rings (SSSR count). The molecule has 1 fully saturated rings. The van der Waals surface area contributed by atoms with Gasteiger partial charge < -0.3 is 10.1 Å². The van der Waals surface area contributed by atoms with E-state index in [0.29, 0.717) is 24.3 Å². The molecule has 0 spiro atoms. The van der Waals surface area contributed by atoms with Gasteiger partial charge in [0.25, 0.3) is 11.8 Å². The van der Waals surface area contributed by atoms with E-state index in [1.54, 1.807) is 31.2 Å². The van der Waals surface area contributed by atoms with Gasteiger partial charge >= 0.3 is 0 Å². The molecule has 1 N–H and O–H groups in total. The third-order valence-electron chi connectivity index (χ3n) is 4.83. The van der Waals surface area contributed by atoms with Crippen LogP contribution in [0.15, 0.2) is 36.4 Å². The Morgan fingerprint density at radius 2 is 1.92 bits per heavy atom. The van der Waals surface area contributed by atoms with Crippen molar-refractivity contribution in [2.75, 3.05) is 13.2 Å². The van der Waals surface area contributed by atoms with Crippen LogP contribution in [0.1, 0.15) is 41.0 Å². The number of imide groups is 1. The predicted octanol–water partition coefficient (Wildman–Crippen LogP) is 1.77. The number of rotatable bonds is 5. The van der Waals surface area contributed by atoms with E-state index in [1.165, 1.54) is 0 Å². The van der Waals surface area contributed by atoms with Crippen molar-refractivity contribution in [2.24, 2.45) is 5.92 Å². The van der Waals surface area contributed by atoms with Crippen LogP contribution < -0.4 is 5.32 Å². The molecular weight excluding hydrogens is 320 g/mol. The minimum Gasteiger partial charge on any atom is -0.374 e. The van der Waals surface area contributed by atoms with E-state index in [-0.39, 0.29) is 17.9 Å². The Morgan fingerprint density at radius 3 is 2.48 bits per heavy atom. The fourth-order valence-electron chi connectivity index (χ4n) is 3.44. The topological polar surface area (TPSA) is 75.7 Å². The van der Waals surface area contributed by atoms with Gasteiger partial charge in [-0.2, -0.15) is 0 Å². The van der Waals surface area contributed by atoms with E-state index in [2.05, 4.69) is 11.9 Å². The zero-order valence-electron chi connectivity index (χ0n) is 14.5. The predicted molar refractivity (Wildman–Crippen MR) is 92.1 cm³/mol. The first-order valence-electron chi connectivity index (χ1n) is 8.43. The number of amides is 3. The molecule has 0 bridgehead atoms. The number of fused-ring (bicyclic) bond motifs is 1. The Hall–Kier alpha value is -2.47. The van der Waals surface area contributed by atoms with E-state index in [9.17, 15) is 14.4 Å². The first kappa shape index (κ1) is 17.4. The van der Waals surface area contributed by atoms with Gasteiger partial charge in [0, 0.05) is 19.1 Å². The fraction of sp³-hybridized carbons (Fsp3) is 0.421. The van der Waals surface area contributed by atoms with Crippen molar-refractivity contribution in [1.82, 2.24) is 10.2 Å². The zero-order valence-corrected chi connectivity index (χ0v) is 14.5. The molecule has 132 valence electrons. The van der Waals surface area contributed by atoms with Gasteiger partial charge in [0.1, 0.15) is 6.04 Å². The second kappa shape index (κ2) is 6.80. The number of nitrogens with zero attached hydrogens (tertiary/aromatic N) is 1. The number of hydrogen-bond donors (Lipinski definition) is 1. The third kappa shape index (κ3) is 3.09. The second-order valence-corrected chi connectivity index (χ2v) is 6.63. The summed E-state index contributed by atoms with van der Waals surface area (Å²) in [5.74, 6) is -1.03. The van der Waals surface area contributed by atoms with Crippen molar-refractivity contribution < 1.29 is 19.1 Å². The molecule has 1 aromatic carbocycles. The number of carbonyl (C=O) groups is 3. The SMILES string of the molecule is C=C(C)[C@@H]1OCC[C@@H]1CNC(=O)[C@H](C)N1C(=O)c2ccccc2C1=O. The first-order valence-corrected chi connectivity index (χ1v) is 8.43. The largest absolute Gasteiger partial charge is 0.374 e. The summed E-state index contributed by atoms with van der Waals surface area (Å²) in [7, 11) is 0. The summed E-state index contributed by atoms with van der Waals surface area (Å²) in [6.45, 7) is 8.48. The third-order valence-corrected chi connectivity index (χ3v) is 4.83. The molecular formula is C19H22N2O4. The monoisotopic (exact) mass is 342 g/mol. The highest BCUT2D eigenvalue weighted by molar-refractivity contribution is 6.22. The van der Waals surface area contributed by atoms with Gasteiger partial charge in [0.05, 0.1) is 17.2 Å². The van der Waals surface area contributed by atoms with E-state index in [4.69, 9.17) is 4.74 Å². The van der Waals surface area contributed by atoms with Gasteiger partial charge in [-0.25, -0.2) is 0 Å². The standard InChI is InChI=1S/C19H22N2O4/c1-11(2)16-13(8-9-25-16)10-20-17(22)12(3)21-18(23)14-6-4-5-7-15(14)19(21)24/h4-7,12-13,16H,1,8-10H2,2-3H3,(H,20,22)/t12-,13+,16-/m0/s1. The van der Waals surface area contributed by atoms with Crippen LogP contribution in [0.5, 0.6) is 0 Å².